The Labute approximate surface area is 177 Å². The molecule has 1 aliphatic rings. The van der Waals surface area contributed by atoms with Gasteiger partial charge >= 0.3 is 0 Å². The lowest BCUT2D eigenvalue weighted by Crippen LogP contribution is -2.44. The molecule has 1 heterocycles. The van der Waals surface area contributed by atoms with Crippen molar-refractivity contribution < 1.29 is 4.79 Å². The Hall–Kier alpha value is -3.42. The first kappa shape index (κ1) is 19.9. The molecular weight excluding hydrogens is 370 g/mol. The van der Waals surface area contributed by atoms with Gasteiger partial charge in [0.05, 0.1) is 11.6 Å². The summed E-state index contributed by atoms with van der Waals surface area (Å²) in [5.41, 5.74) is 4.11. The van der Waals surface area contributed by atoms with E-state index in [4.69, 9.17) is 0 Å². The minimum atomic E-state index is -0.0696. The third-order valence-electron chi connectivity index (χ3n) is 5.68. The summed E-state index contributed by atoms with van der Waals surface area (Å²) >= 11 is 0. The molecule has 1 N–H and O–H groups in total. The molecule has 0 atom stereocenters. The van der Waals surface area contributed by atoms with E-state index in [9.17, 15) is 10.1 Å². The molecule has 0 bridgehead atoms. The summed E-state index contributed by atoms with van der Waals surface area (Å²) in [6, 6.07) is 27.8. The van der Waals surface area contributed by atoms with Crippen LogP contribution >= 0.6 is 0 Å². The van der Waals surface area contributed by atoms with Gasteiger partial charge in [0.25, 0.3) is 5.91 Å². The van der Waals surface area contributed by atoms with Crippen LogP contribution in [0.5, 0.6) is 0 Å². The highest BCUT2D eigenvalue weighted by atomic mass is 16.1. The van der Waals surface area contributed by atoms with Gasteiger partial charge in [-0.1, -0.05) is 66.7 Å². The fourth-order valence-electron chi connectivity index (χ4n) is 4.07. The summed E-state index contributed by atoms with van der Waals surface area (Å²) in [4.78, 5) is 15.5. The second-order valence-electron chi connectivity index (χ2n) is 7.71. The maximum Gasteiger partial charge on any atom is 0.252 e. The van der Waals surface area contributed by atoms with Crippen LogP contribution in [0.25, 0.3) is 11.1 Å². The van der Waals surface area contributed by atoms with Crippen molar-refractivity contribution in [1.29, 1.82) is 5.26 Å². The van der Waals surface area contributed by atoms with Gasteiger partial charge in [0.1, 0.15) is 0 Å². The van der Waals surface area contributed by atoms with Crippen LogP contribution in [0.1, 0.15) is 34.3 Å². The fraction of sp³-hybridized carbons (Fsp3) is 0.231. The number of hydrogen-bond donors (Lipinski definition) is 1. The zero-order valence-corrected chi connectivity index (χ0v) is 16.9. The molecule has 150 valence electrons. The smallest absolute Gasteiger partial charge is 0.252 e. The van der Waals surface area contributed by atoms with Crippen LogP contribution in [-0.2, 0) is 6.54 Å². The van der Waals surface area contributed by atoms with Crippen molar-refractivity contribution >= 4 is 5.91 Å². The van der Waals surface area contributed by atoms with Crippen molar-refractivity contribution in [2.45, 2.75) is 25.4 Å². The lowest BCUT2D eigenvalue weighted by Gasteiger charge is -2.32. The Morgan fingerprint density at radius 3 is 2.27 bits per heavy atom. The SMILES string of the molecule is N#Cc1ccccc1-c1ccccc1C(=O)NC1CCN(Cc2ccccc2)CC1. The third-order valence-corrected chi connectivity index (χ3v) is 5.68. The average molecular weight is 396 g/mol. The first-order valence-corrected chi connectivity index (χ1v) is 10.4. The van der Waals surface area contributed by atoms with Gasteiger partial charge in [-0.25, -0.2) is 0 Å². The van der Waals surface area contributed by atoms with Gasteiger partial charge in [0.2, 0.25) is 0 Å². The Balaban J connectivity index is 1.41. The highest BCUT2D eigenvalue weighted by Gasteiger charge is 2.22. The number of piperidine rings is 1. The fourth-order valence-corrected chi connectivity index (χ4v) is 4.07. The van der Waals surface area contributed by atoms with Crippen LogP contribution in [0.15, 0.2) is 78.9 Å². The van der Waals surface area contributed by atoms with Gasteiger partial charge in [-0.15, -0.1) is 0 Å². The molecule has 4 nitrogen and oxygen atoms in total. The number of carbonyl (C=O) groups is 1. The Kier molecular flexibility index (Phi) is 6.22. The molecule has 0 aromatic heterocycles. The van der Waals surface area contributed by atoms with Crippen LogP contribution < -0.4 is 5.32 Å². The van der Waals surface area contributed by atoms with Crippen molar-refractivity contribution in [3.63, 3.8) is 0 Å². The molecule has 1 saturated heterocycles. The number of likely N-dealkylation sites (tertiary alicyclic amines) is 1. The normalized spacial score (nSPS) is 14.8. The first-order chi connectivity index (χ1) is 14.7. The van der Waals surface area contributed by atoms with E-state index >= 15 is 0 Å². The van der Waals surface area contributed by atoms with E-state index in [1.54, 1.807) is 6.07 Å². The van der Waals surface area contributed by atoms with Crippen molar-refractivity contribution in [2.24, 2.45) is 0 Å². The monoisotopic (exact) mass is 395 g/mol. The summed E-state index contributed by atoms with van der Waals surface area (Å²) in [6.45, 7) is 2.90. The third kappa shape index (κ3) is 4.59. The lowest BCUT2D eigenvalue weighted by molar-refractivity contribution is 0.0909. The van der Waals surface area contributed by atoms with E-state index in [0.717, 1.165) is 43.6 Å². The lowest BCUT2D eigenvalue weighted by atomic mass is 9.95. The topological polar surface area (TPSA) is 56.1 Å². The van der Waals surface area contributed by atoms with Crippen molar-refractivity contribution in [3.8, 4) is 17.2 Å². The van der Waals surface area contributed by atoms with Gasteiger partial charge in [-0.05, 0) is 36.1 Å². The molecule has 1 fully saturated rings. The average Bonchev–Trinajstić information content (AvgIpc) is 2.81. The number of nitriles is 1. The molecule has 0 radical (unpaired) electrons. The molecule has 4 rings (SSSR count). The zero-order valence-electron chi connectivity index (χ0n) is 16.9. The minimum absolute atomic E-state index is 0.0696. The highest BCUT2D eigenvalue weighted by molar-refractivity contribution is 6.01. The van der Waals surface area contributed by atoms with E-state index < -0.39 is 0 Å². The van der Waals surface area contributed by atoms with Crippen LogP contribution in [0.3, 0.4) is 0 Å². The molecule has 4 heteroatoms. The van der Waals surface area contributed by atoms with Gasteiger partial charge in [0, 0.05) is 36.8 Å². The quantitative estimate of drug-likeness (QED) is 0.686. The molecule has 0 saturated carbocycles. The second-order valence-corrected chi connectivity index (χ2v) is 7.71. The Morgan fingerprint density at radius 2 is 1.53 bits per heavy atom. The molecule has 1 amide bonds. The number of amides is 1. The number of nitrogens with zero attached hydrogens (tertiary/aromatic N) is 2. The van der Waals surface area contributed by atoms with E-state index in [0.29, 0.717) is 11.1 Å². The predicted molar refractivity (Wildman–Crippen MR) is 119 cm³/mol. The van der Waals surface area contributed by atoms with E-state index in [2.05, 4.69) is 40.6 Å². The van der Waals surface area contributed by atoms with Crippen LogP contribution in [0.2, 0.25) is 0 Å². The number of hydrogen-bond acceptors (Lipinski definition) is 3. The number of carbonyl (C=O) groups excluding carboxylic acids is 1. The summed E-state index contributed by atoms with van der Waals surface area (Å²) in [5.74, 6) is -0.0696. The maximum absolute atomic E-state index is 13.1. The first-order valence-electron chi connectivity index (χ1n) is 10.4. The summed E-state index contributed by atoms with van der Waals surface area (Å²) in [6.07, 6.45) is 1.88. The van der Waals surface area contributed by atoms with Gasteiger partial charge in [0.15, 0.2) is 0 Å². The van der Waals surface area contributed by atoms with Gasteiger partial charge < -0.3 is 5.32 Å². The minimum Gasteiger partial charge on any atom is -0.349 e. The van der Waals surface area contributed by atoms with Crippen LogP contribution in [0, 0.1) is 11.3 Å². The number of rotatable bonds is 5. The maximum atomic E-state index is 13.1. The second kappa shape index (κ2) is 9.39. The van der Waals surface area contributed by atoms with Gasteiger partial charge in [-0.2, -0.15) is 5.26 Å². The van der Waals surface area contributed by atoms with Gasteiger partial charge in [-0.3, -0.25) is 9.69 Å². The Bertz CT molecular complexity index is 1050. The standard InChI is InChI=1S/C26H25N3O/c27-18-21-10-4-5-11-23(21)24-12-6-7-13-25(24)26(30)28-22-14-16-29(17-15-22)19-20-8-2-1-3-9-20/h1-13,22H,14-17,19H2,(H,28,30). The van der Waals surface area contributed by atoms with Crippen LogP contribution in [-0.4, -0.2) is 29.9 Å². The highest BCUT2D eigenvalue weighted by Crippen LogP contribution is 2.27. The number of benzene rings is 3. The molecule has 0 unspecified atom stereocenters. The Morgan fingerprint density at radius 1 is 0.900 bits per heavy atom. The van der Waals surface area contributed by atoms with E-state index in [-0.39, 0.29) is 11.9 Å². The van der Waals surface area contributed by atoms with Crippen LogP contribution in [0.4, 0.5) is 0 Å². The summed E-state index contributed by atoms with van der Waals surface area (Å²) < 4.78 is 0. The zero-order chi connectivity index (χ0) is 20.8. The predicted octanol–water partition coefficient (Wildman–Crippen LogP) is 4.62. The van der Waals surface area contributed by atoms with E-state index in [1.165, 1.54) is 5.56 Å². The molecular formula is C26H25N3O. The van der Waals surface area contributed by atoms with Crippen molar-refractivity contribution in [1.82, 2.24) is 10.2 Å². The molecule has 3 aromatic carbocycles. The van der Waals surface area contributed by atoms with Crippen molar-refractivity contribution in [3.05, 3.63) is 95.6 Å². The number of nitrogens with one attached hydrogen (secondary N) is 1. The molecule has 1 aliphatic heterocycles. The molecule has 0 aliphatic carbocycles. The largest absolute Gasteiger partial charge is 0.349 e. The summed E-state index contributed by atoms with van der Waals surface area (Å²) in [7, 11) is 0. The van der Waals surface area contributed by atoms with E-state index in [1.807, 2.05) is 48.5 Å². The van der Waals surface area contributed by atoms with Crippen molar-refractivity contribution in [2.75, 3.05) is 13.1 Å². The molecule has 30 heavy (non-hydrogen) atoms. The summed E-state index contributed by atoms with van der Waals surface area (Å²) in [5, 5.41) is 12.7. The molecule has 0 spiro atoms. The molecule has 3 aromatic rings.